The van der Waals surface area contributed by atoms with Crippen molar-refractivity contribution >= 4 is 17.0 Å². The summed E-state index contributed by atoms with van der Waals surface area (Å²) in [5.41, 5.74) is 1.23. The highest BCUT2D eigenvalue weighted by molar-refractivity contribution is 5.92. The van der Waals surface area contributed by atoms with Gasteiger partial charge in [-0.2, -0.15) is 5.10 Å². The summed E-state index contributed by atoms with van der Waals surface area (Å²) >= 11 is 0. The molecular formula is C14H18N4O3. The Kier molecular flexibility index (Phi) is 4.12. The summed E-state index contributed by atoms with van der Waals surface area (Å²) in [6.07, 6.45) is 3.26. The minimum absolute atomic E-state index is 0.384. The van der Waals surface area contributed by atoms with Gasteiger partial charge in [0.2, 0.25) is 0 Å². The van der Waals surface area contributed by atoms with Crippen LogP contribution in [-0.2, 0) is 16.0 Å². The molecule has 0 spiro atoms. The molecule has 0 saturated carbocycles. The van der Waals surface area contributed by atoms with Gasteiger partial charge in [0.1, 0.15) is 0 Å². The summed E-state index contributed by atoms with van der Waals surface area (Å²) in [6.45, 7) is 5.19. The molecule has 1 aliphatic rings. The van der Waals surface area contributed by atoms with E-state index in [0.29, 0.717) is 5.56 Å². The van der Waals surface area contributed by atoms with Crippen LogP contribution in [0.25, 0.3) is 11.0 Å². The number of esters is 1. The first-order valence-corrected chi connectivity index (χ1v) is 6.98. The van der Waals surface area contributed by atoms with Crippen molar-refractivity contribution in [3.63, 3.8) is 0 Å². The second-order valence-electron chi connectivity index (χ2n) is 4.95. The van der Waals surface area contributed by atoms with Crippen LogP contribution in [-0.4, -0.2) is 65.6 Å². The minimum atomic E-state index is -0.384. The molecule has 1 saturated heterocycles. The van der Waals surface area contributed by atoms with Crippen molar-refractivity contribution in [1.82, 2.24) is 19.7 Å². The SMILES string of the molecule is COC(=O)c1cnc2c(cnn2CCN2CCOCC2)c1. The van der Waals surface area contributed by atoms with Crippen LogP contribution >= 0.6 is 0 Å². The maximum absolute atomic E-state index is 11.5. The van der Waals surface area contributed by atoms with E-state index in [0.717, 1.165) is 50.4 Å². The molecule has 0 amide bonds. The third-order valence-corrected chi connectivity index (χ3v) is 3.63. The molecular weight excluding hydrogens is 272 g/mol. The lowest BCUT2D eigenvalue weighted by Crippen LogP contribution is -2.38. The lowest BCUT2D eigenvalue weighted by atomic mass is 10.2. The zero-order valence-electron chi connectivity index (χ0n) is 12.0. The normalized spacial score (nSPS) is 16.2. The van der Waals surface area contributed by atoms with Gasteiger partial charge < -0.3 is 9.47 Å². The minimum Gasteiger partial charge on any atom is -0.465 e. The number of rotatable bonds is 4. The number of pyridine rings is 1. The average Bonchev–Trinajstić information content (AvgIpc) is 2.95. The number of aromatic nitrogens is 3. The van der Waals surface area contributed by atoms with Crippen LogP contribution in [0.5, 0.6) is 0 Å². The number of methoxy groups -OCH3 is 1. The van der Waals surface area contributed by atoms with E-state index in [9.17, 15) is 4.79 Å². The van der Waals surface area contributed by atoms with E-state index in [4.69, 9.17) is 9.47 Å². The highest BCUT2D eigenvalue weighted by Crippen LogP contribution is 2.13. The van der Waals surface area contributed by atoms with Crippen molar-refractivity contribution in [3.05, 3.63) is 24.0 Å². The Balaban J connectivity index is 1.72. The second-order valence-corrected chi connectivity index (χ2v) is 4.95. The third kappa shape index (κ3) is 3.03. The molecule has 0 atom stereocenters. The molecule has 21 heavy (non-hydrogen) atoms. The number of carbonyl (C=O) groups is 1. The molecule has 2 aromatic heterocycles. The van der Waals surface area contributed by atoms with Gasteiger partial charge in [-0.3, -0.25) is 4.90 Å². The lowest BCUT2D eigenvalue weighted by molar-refractivity contribution is 0.0361. The number of fused-ring (bicyclic) bond motifs is 1. The average molecular weight is 290 g/mol. The summed E-state index contributed by atoms with van der Waals surface area (Å²) in [7, 11) is 1.36. The molecule has 112 valence electrons. The maximum Gasteiger partial charge on any atom is 0.339 e. The Labute approximate surface area is 122 Å². The van der Waals surface area contributed by atoms with Crippen LogP contribution in [0.4, 0.5) is 0 Å². The number of hydrogen-bond donors (Lipinski definition) is 0. The summed E-state index contributed by atoms with van der Waals surface area (Å²) < 4.78 is 11.9. The van der Waals surface area contributed by atoms with Gasteiger partial charge in [0.05, 0.1) is 38.6 Å². The Morgan fingerprint density at radius 2 is 2.14 bits per heavy atom. The number of ether oxygens (including phenoxy) is 2. The molecule has 0 aromatic carbocycles. The largest absolute Gasteiger partial charge is 0.465 e. The summed E-state index contributed by atoms with van der Waals surface area (Å²) in [6, 6.07) is 1.76. The van der Waals surface area contributed by atoms with Crippen LogP contribution in [0.2, 0.25) is 0 Å². The fourth-order valence-electron chi connectivity index (χ4n) is 2.43. The second kappa shape index (κ2) is 6.19. The van der Waals surface area contributed by atoms with Crippen molar-refractivity contribution in [1.29, 1.82) is 0 Å². The van der Waals surface area contributed by atoms with E-state index < -0.39 is 0 Å². The van der Waals surface area contributed by atoms with Crippen molar-refractivity contribution < 1.29 is 14.3 Å². The van der Waals surface area contributed by atoms with Crippen LogP contribution in [0.1, 0.15) is 10.4 Å². The monoisotopic (exact) mass is 290 g/mol. The van der Waals surface area contributed by atoms with Gasteiger partial charge >= 0.3 is 5.97 Å². The van der Waals surface area contributed by atoms with E-state index in [2.05, 4.69) is 15.0 Å². The summed E-state index contributed by atoms with van der Waals surface area (Å²) in [5, 5.41) is 5.20. The number of carbonyl (C=O) groups excluding carboxylic acids is 1. The Bertz CT molecular complexity index is 634. The maximum atomic E-state index is 11.5. The molecule has 2 aromatic rings. The zero-order valence-corrected chi connectivity index (χ0v) is 12.0. The van der Waals surface area contributed by atoms with Crippen LogP contribution in [0.3, 0.4) is 0 Å². The van der Waals surface area contributed by atoms with Crippen molar-refractivity contribution in [2.75, 3.05) is 40.0 Å². The first kappa shape index (κ1) is 14.0. The highest BCUT2D eigenvalue weighted by Gasteiger charge is 2.13. The van der Waals surface area contributed by atoms with E-state index in [1.54, 1.807) is 12.3 Å². The molecule has 3 heterocycles. The molecule has 1 fully saturated rings. The Hall–Kier alpha value is -1.99. The highest BCUT2D eigenvalue weighted by atomic mass is 16.5. The molecule has 0 bridgehead atoms. The topological polar surface area (TPSA) is 69.5 Å². The predicted molar refractivity (Wildman–Crippen MR) is 76.1 cm³/mol. The quantitative estimate of drug-likeness (QED) is 0.766. The van der Waals surface area contributed by atoms with E-state index in [1.165, 1.54) is 13.3 Å². The molecule has 1 aliphatic heterocycles. The van der Waals surface area contributed by atoms with Crippen LogP contribution in [0, 0.1) is 0 Å². The fraction of sp³-hybridized carbons (Fsp3) is 0.500. The molecule has 0 unspecified atom stereocenters. The molecule has 7 heteroatoms. The van der Waals surface area contributed by atoms with Crippen LogP contribution < -0.4 is 0 Å². The van der Waals surface area contributed by atoms with Gasteiger partial charge in [0, 0.05) is 31.2 Å². The molecule has 0 N–H and O–H groups in total. The molecule has 0 aliphatic carbocycles. The summed E-state index contributed by atoms with van der Waals surface area (Å²) in [4.78, 5) is 18.2. The lowest BCUT2D eigenvalue weighted by Gasteiger charge is -2.26. The fourth-order valence-corrected chi connectivity index (χ4v) is 2.43. The van der Waals surface area contributed by atoms with Crippen molar-refractivity contribution in [3.8, 4) is 0 Å². The van der Waals surface area contributed by atoms with Gasteiger partial charge in [-0.1, -0.05) is 0 Å². The Morgan fingerprint density at radius 1 is 1.33 bits per heavy atom. The molecule has 0 radical (unpaired) electrons. The molecule has 3 rings (SSSR count). The van der Waals surface area contributed by atoms with E-state index in [-0.39, 0.29) is 5.97 Å². The van der Waals surface area contributed by atoms with Gasteiger partial charge in [0.15, 0.2) is 5.65 Å². The number of hydrogen-bond acceptors (Lipinski definition) is 6. The predicted octanol–water partition coefficient (Wildman–Crippen LogP) is 0.550. The third-order valence-electron chi connectivity index (χ3n) is 3.63. The summed E-state index contributed by atoms with van der Waals surface area (Å²) in [5.74, 6) is -0.384. The van der Waals surface area contributed by atoms with Gasteiger partial charge in [-0.15, -0.1) is 0 Å². The smallest absolute Gasteiger partial charge is 0.339 e. The van der Waals surface area contributed by atoms with E-state index in [1.807, 2.05) is 4.68 Å². The number of morpholine rings is 1. The van der Waals surface area contributed by atoms with Crippen molar-refractivity contribution in [2.45, 2.75) is 6.54 Å². The zero-order chi connectivity index (χ0) is 14.7. The van der Waals surface area contributed by atoms with Gasteiger partial charge in [0.25, 0.3) is 0 Å². The van der Waals surface area contributed by atoms with Gasteiger partial charge in [-0.05, 0) is 6.07 Å². The standard InChI is InChI=1S/C14H18N4O3/c1-20-14(19)12-8-11-10-16-18(13(11)15-9-12)3-2-17-4-6-21-7-5-17/h8-10H,2-7H2,1H3. The number of nitrogens with zero attached hydrogens (tertiary/aromatic N) is 4. The van der Waals surface area contributed by atoms with Crippen molar-refractivity contribution in [2.24, 2.45) is 0 Å². The molecule has 7 nitrogen and oxygen atoms in total. The first-order valence-electron chi connectivity index (χ1n) is 6.98. The first-order chi connectivity index (χ1) is 10.3. The van der Waals surface area contributed by atoms with Gasteiger partial charge in [-0.25, -0.2) is 14.5 Å². The Morgan fingerprint density at radius 3 is 2.90 bits per heavy atom. The van der Waals surface area contributed by atoms with E-state index >= 15 is 0 Å². The van der Waals surface area contributed by atoms with Crippen LogP contribution in [0.15, 0.2) is 18.5 Å².